The predicted molar refractivity (Wildman–Crippen MR) is 75.4 cm³/mol. The third-order valence-electron chi connectivity index (χ3n) is 2.71. The van der Waals surface area contributed by atoms with E-state index in [-0.39, 0.29) is 17.4 Å². The summed E-state index contributed by atoms with van der Waals surface area (Å²) in [5, 5.41) is 3.05. The quantitative estimate of drug-likeness (QED) is 0.841. The minimum Gasteiger partial charge on any atom is -0.351 e. The number of carbonyl (C=O) groups is 1. The number of amides is 1. The Kier molecular flexibility index (Phi) is 5.35. The molecule has 3 heteroatoms. The Bertz CT molecular complexity index is 368. The molecule has 1 rings (SSSR count). The third-order valence-corrected chi connectivity index (χ3v) is 2.71. The molecule has 18 heavy (non-hydrogen) atoms. The predicted octanol–water partition coefficient (Wildman–Crippen LogP) is 2.42. The molecule has 1 aromatic rings. The summed E-state index contributed by atoms with van der Waals surface area (Å²) in [5.74, 6) is -0.0175. The van der Waals surface area contributed by atoms with Crippen LogP contribution in [0.4, 0.5) is 0 Å². The van der Waals surface area contributed by atoms with Crippen LogP contribution in [0.15, 0.2) is 30.3 Å². The van der Waals surface area contributed by atoms with E-state index in [1.165, 1.54) is 0 Å². The van der Waals surface area contributed by atoms with E-state index in [0.29, 0.717) is 6.54 Å². The van der Waals surface area contributed by atoms with Crippen molar-refractivity contribution >= 4 is 5.91 Å². The molecule has 1 aromatic carbocycles. The number of hydrogen-bond donors (Lipinski definition) is 2. The van der Waals surface area contributed by atoms with Crippen molar-refractivity contribution in [3.8, 4) is 0 Å². The topological polar surface area (TPSA) is 55.1 Å². The molecule has 0 saturated heterocycles. The van der Waals surface area contributed by atoms with E-state index < -0.39 is 0 Å². The Morgan fingerprint density at radius 2 is 1.89 bits per heavy atom. The van der Waals surface area contributed by atoms with Gasteiger partial charge in [-0.15, -0.1) is 0 Å². The molecule has 0 aliphatic heterocycles. The summed E-state index contributed by atoms with van der Waals surface area (Å²) in [4.78, 5) is 12.3. The van der Waals surface area contributed by atoms with E-state index in [1.807, 2.05) is 51.1 Å². The number of nitrogens with one attached hydrogen (secondary N) is 1. The summed E-state index contributed by atoms with van der Waals surface area (Å²) in [5.41, 5.74) is 6.41. The highest BCUT2D eigenvalue weighted by atomic mass is 16.2. The second-order valence-corrected chi connectivity index (χ2v) is 5.63. The first-order valence-corrected chi connectivity index (χ1v) is 6.51. The summed E-state index contributed by atoms with van der Waals surface area (Å²) in [6.45, 7) is 6.60. The van der Waals surface area contributed by atoms with E-state index in [0.717, 1.165) is 18.4 Å². The Labute approximate surface area is 110 Å². The van der Waals surface area contributed by atoms with Crippen LogP contribution in [-0.2, 0) is 4.79 Å². The molecule has 0 aromatic heterocycles. The molecule has 0 radical (unpaired) electrons. The van der Waals surface area contributed by atoms with Crippen molar-refractivity contribution in [3.63, 3.8) is 0 Å². The molecule has 0 spiro atoms. The summed E-state index contributed by atoms with van der Waals surface area (Å²) in [6.07, 6.45) is 1.65. The van der Waals surface area contributed by atoms with Crippen LogP contribution in [0.3, 0.4) is 0 Å². The fourth-order valence-electron chi connectivity index (χ4n) is 1.91. The molecule has 1 amide bonds. The van der Waals surface area contributed by atoms with Crippen molar-refractivity contribution in [2.45, 2.75) is 45.1 Å². The minimum absolute atomic E-state index is 0.0853. The second-order valence-electron chi connectivity index (χ2n) is 5.63. The molecule has 3 N–H and O–H groups in total. The minimum atomic E-state index is -0.202. The van der Waals surface area contributed by atoms with Crippen LogP contribution < -0.4 is 11.1 Å². The highest BCUT2D eigenvalue weighted by Crippen LogP contribution is 2.22. The van der Waals surface area contributed by atoms with Crippen molar-refractivity contribution in [1.82, 2.24) is 5.32 Å². The SMILES string of the molecule is CC(C)(C)NC(=O)C(CCCN)c1ccccc1. The first-order chi connectivity index (χ1) is 8.44. The lowest BCUT2D eigenvalue weighted by Gasteiger charge is -2.25. The van der Waals surface area contributed by atoms with Crippen LogP contribution in [0.5, 0.6) is 0 Å². The maximum Gasteiger partial charge on any atom is 0.227 e. The van der Waals surface area contributed by atoms with E-state index in [2.05, 4.69) is 5.32 Å². The molecular weight excluding hydrogens is 224 g/mol. The molecule has 0 heterocycles. The molecule has 0 aliphatic rings. The van der Waals surface area contributed by atoms with Crippen molar-refractivity contribution in [3.05, 3.63) is 35.9 Å². The standard InChI is InChI=1S/C15H24N2O/c1-15(2,3)17-14(18)13(10-7-11-16)12-8-5-4-6-9-12/h4-6,8-9,13H,7,10-11,16H2,1-3H3,(H,17,18). The summed E-state index contributed by atoms with van der Waals surface area (Å²) in [6, 6.07) is 9.91. The number of benzene rings is 1. The Morgan fingerprint density at radius 3 is 2.39 bits per heavy atom. The molecule has 0 fully saturated rings. The zero-order valence-electron chi connectivity index (χ0n) is 11.6. The summed E-state index contributed by atoms with van der Waals surface area (Å²) >= 11 is 0. The van der Waals surface area contributed by atoms with Crippen LogP contribution in [0.1, 0.15) is 45.1 Å². The first-order valence-electron chi connectivity index (χ1n) is 6.51. The maximum atomic E-state index is 12.3. The van der Waals surface area contributed by atoms with Crippen LogP contribution in [0.2, 0.25) is 0 Å². The van der Waals surface area contributed by atoms with E-state index in [1.54, 1.807) is 0 Å². The Hall–Kier alpha value is -1.35. The second kappa shape index (κ2) is 6.55. The van der Waals surface area contributed by atoms with Gasteiger partial charge in [0.2, 0.25) is 5.91 Å². The largest absolute Gasteiger partial charge is 0.351 e. The van der Waals surface area contributed by atoms with Gasteiger partial charge in [-0.3, -0.25) is 4.79 Å². The van der Waals surface area contributed by atoms with Crippen LogP contribution >= 0.6 is 0 Å². The molecule has 1 unspecified atom stereocenters. The van der Waals surface area contributed by atoms with E-state index in [9.17, 15) is 4.79 Å². The number of hydrogen-bond acceptors (Lipinski definition) is 2. The van der Waals surface area contributed by atoms with Gasteiger partial charge in [0.1, 0.15) is 0 Å². The van der Waals surface area contributed by atoms with E-state index >= 15 is 0 Å². The third kappa shape index (κ3) is 4.88. The van der Waals surface area contributed by atoms with Crippen LogP contribution in [-0.4, -0.2) is 18.0 Å². The molecule has 100 valence electrons. The average Bonchev–Trinajstić information content (AvgIpc) is 2.28. The van der Waals surface area contributed by atoms with Crippen molar-refractivity contribution in [2.75, 3.05) is 6.54 Å². The van der Waals surface area contributed by atoms with Gasteiger partial charge in [0.25, 0.3) is 0 Å². The summed E-state index contributed by atoms with van der Waals surface area (Å²) in [7, 11) is 0. The Balaban J connectivity index is 2.82. The lowest BCUT2D eigenvalue weighted by Crippen LogP contribution is -2.43. The fourth-order valence-corrected chi connectivity index (χ4v) is 1.91. The molecule has 0 bridgehead atoms. The molecule has 1 atom stereocenters. The molecule has 0 aliphatic carbocycles. The summed E-state index contributed by atoms with van der Waals surface area (Å²) < 4.78 is 0. The lowest BCUT2D eigenvalue weighted by atomic mass is 9.92. The zero-order chi connectivity index (χ0) is 13.6. The van der Waals surface area contributed by atoms with Gasteiger partial charge in [-0.05, 0) is 45.7 Å². The van der Waals surface area contributed by atoms with Gasteiger partial charge in [0.05, 0.1) is 5.92 Å². The van der Waals surface area contributed by atoms with Gasteiger partial charge < -0.3 is 11.1 Å². The fraction of sp³-hybridized carbons (Fsp3) is 0.533. The van der Waals surface area contributed by atoms with Crippen molar-refractivity contribution in [1.29, 1.82) is 0 Å². The van der Waals surface area contributed by atoms with Crippen LogP contribution in [0, 0.1) is 0 Å². The van der Waals surface area contributed by atoms with Gasteiger partial charge in [-0.1, -0.05) is 30.3 Å². The van der Waals surface area contributed by atoms with Crippen molar-refractivity contribution < 1.29 is 4.79 Å². The van der Waals surface area contributed by atoms with Gasteiger partial charge >= 0.3 is 0 Å². The maximum absolute atomic E-state index is 12.3. The normalized spacial score (nSPS) is 13.1. The number of nitrogens with two attached hydrogens (primary N) is 1. The van der Waals surface area contributed by atoms with Crippen molar-refractivity contribution in [2.24, 2.45) is 5.73 Å². The smallest absolute Gasteiger partial charge is 0.227 e. The zero-order valence-corrected chi connectivity index (χ0v) is 11.6. The molecule has 0 saturated carbocycles. The monoisotopic (exact) mass is 248 g/mol. The van der Waals surface area contributed by atoms with E-state index in [4.69, 9.17) is 5.73 Å². The Morgan fingerprint density at radius 1 is 1.28 bits per heavy atom. The number of carbonyl (C=O) groups excluding carboxylic acids is 1. The highest BCUT2D eigenvalue weighted by molar-refractivity contribution is 5.84. The average molecular weight is 248 g/mol. The van der Waals surface area contributed by atoms with Gasteiger partial charge in [0.15, 0.2) is 0 Å². The highest BCUT2D eigenvalue weighted by Gasteiger charge is 2.23. The molecule has 3 nitrogen and oxygen atoms in total. The number of rotatable bonds is 5. The van der Waals surface area contributed by atoms with Crippen LogP contribution in [0.25, 0.3) is 0 Å². The van der Waals surface area contributed by atoms with Gasteiger partial charge in [0, 0.05) is 5.54 Å². The van der Waals surface area contributed by atoms with Gasteiger partial charge in [-0.25, -0.2) is 0 Å². The first kappa shape index (κ1) is 14.7. The van der Waals surface area contributed by atoms with Gasteiger partial charge in [-0.2, -0.15) is 0 Å². The molecular formula is C15H24N2O. The lowest BCUT2D eigenvalue weighted by molar-refractivity contribution is -0.124.